The predicted octanol–water partition coefficient (Wildman–Crippen LogP) is 3.61. The minimum Gasteiger partial charge on any atom is -0.493 e. The number of nitrogens with one attached hydrogen (secondary N) is 1. The zero-order valence-electron chi connectivity index (χ0n) is 11.8. The van der Waals surface area contributed by atoms with Gasteiger partial charge >= 0.3 is 0 Å². The van der Waals surface area contributed by atoms with Crippen molar-refractivity contribution >= 4 is 0 Å². The van der Waals surface area contributed by atoms with Crippen molar-refractivity contribution in [2.24, 2.45) is 11.8 Å². The standard InChI is InChI=1S/C15H24FNO/c1-11(2)8-17-9-13-7-14(16)5-6-15(13)18-10-12(3)4/h5-7,11-12,17H,8-10H2,1-4H3. The lowest BCUT2D eigenvalue weighted by molar-refractivity contribution is 0.267. The van der Waals surface area contributed by atoms with Crippen molar-refractivity contribution in [3.8, 4) is 5.75 Å². The molecule has 18 heavy (non-hydrogen) atoms. The minimum absolute atomic E-state index is 0.215. The minimum atomic E-state index is -0.215. The van der Waals surface area contributed by atoms with E-state index in [1.54, 1.807) is 12.1 Å². The molecule has 2 nitrogen and oxygen atoms in total. The second-order valence-corrected chi connectivity index (χ2v) is 5.48. The summed E-state index contributed by atoms with van der Waals surface area (Å²) in [6.07, 6.45) is 0. The highest BCUT2D eigenvalue weighted by Crippen LogP contribution is 2.20. The van der Waals surface area contributed by atoms with E-state index in [9.17, 15) is 4.39 Å². The number of rotatable bonds is 7. The first-order valence-electron chi connectivity index (χ1n) is 6.61. The SMILES string of the molecule is CC(C)CNCc1cc(F)ccc1OCC(C)C. The molecule has 1 aromatic rings. The van der Waals surface area contributed by atoms with E-state index in [0.29, 0.717) is 25.0 Å². The summed E-state index contributed by atoms with van der Waals surface area (Å²) in [5, 5.41) is 3.31. The Morgan fingerprint density at radius 3 is 2.50 bits per heavy atom. The highest BCUT2D eigenvalue weighted by molar-refractivity contribution is 5.33. The van der Waals surface area contributed by atoms with Gasteiger partial charge in [-0.25, -0.2) is 4.39 Å². The summed E-state index contributed by atoms with van der Waals surface area (Å²) >= 11 is 0. The Bertz CT molecular complexity index is 364. The molecule has 0 heterocycles. The molecule has 3 heteroatoms. The van der Waals surface area contributed by atoms with Crippen molar-refractivity contribution in [3.05, 3.63) is 29.6 Å². The lowest BCUT2D eigenvalue weighted by atomic mass is 10.1. The molecule has 0 saturated carbocycles. The molecule has 0 atom stereocenters. The van der Waals surface area contributed by atoms with E-state index in [1.807, 2.05) is 0 Å². The van der Waals surface area contributed by atoms with Gasteiger partial charge in [0.05, 0.1) is 6.61 Å². The lowest BCUT2D eigenvalue weighted by Crippen LogP contribution is -2.19. The van der Waals surface area contributed by atoms with Crippen LogP contribution in [-0.4, -0.2) is 13.2 Å². The molecule has 0 spiro atoms. The zero-order valence-corrected chi connectivity index (χ0v) is 11.8. The van der Waals surface area contributed by atoms with Gasteiger partial charge in [-0.05, 0) is 36.6 Å². The fourth-order valence-electron chi connectivity index (χ4n) is 1.58. The molecule has 0 aliphatic carbocycles. The van der Waals surface area contributed by atoms with Gasteiger partial charge in [-0.3, -0.25) is 0 Å². The highest BCUT2D eigenvalue weighted by atomic mass is 19.1. The fourth-order valence-corrected chi connectivity index (χ4v) is 1.58. The normalized spacial score (nSPS) is 11.3. The summed E-state index contributed by atoms with van der Waals surface area (Å²) < 4.78 is 19.0. The van der Waals surface area contributed by atoms with Crippen LogP contribution >= 0.6 is 0 Å². The maximum absolute atomic E-state index is 13.2. The van der Waals surface area contributed by atoms with Crippen LogP contribution in [0.5, 0.6) is 5.75 Å². The number of hydrogen-bond acceptors (Lipinski definition) is 2. The Labute approximate surface area is 110 Å². The summed E-state index contributed by atoms with van der Waals surface area (Å²) in [5.74, 6) is 1.61. The van der Waals surface area contributed by atoms with Crippen LogP contribution in [0.4, 0.5) is 4.39 Å². The van der Waals surface area contributed by atoms with Crippen LogP contribution in [0.25, 0.3) is 0 Å². The number of halogens is 1. The Morgan fingerprint density at radius 2 is 1.89 bits per heavy atom. The first-order valence-corrected chi connectivity index (χ1v) is 6.61. The van der Waals surface area contributed by atoms with Crippen LogP contribution in [0.3, 0.4) is 0 Å². The molecule has 0 fully saturated rings. The molecular weight excluding hydrogens is 229 g/mol. The second kappa shape index (κ2) is 7.37. The van der Waals surface area contributed by atoms with Crippen LogP contribution in [0.2, 0.25) is 0 Å². The molecule has 0 bridgehead atoms. The number of benzene rings is 1. The van der Waals surface area contributed by atoms with Crippen molar-refractivity contribution in [1.82, 2.24) is 5.32 Å². The third kappa shape index (κ3) is 5.50. The quantitative estimate of drug-likeness (QED) is 0.801. The molecule has 0 aliphatic heterocycles. The molecule has 0 radical (unpaired) electrons. The van der Waals surface area contributed by atoms with Crippen molar-refractivity contribution in [3.63, 3.8) is 0 Å². The van der Waals surface area contributed by atoms with E-state index in [1.165, 1.54) is 6.07 Å². The van der Waals surface area contributed by atoms with E-state index in [0.717, 1.165) is 17.9 Å². The van der Waals surface area contributed by atoms with Gasteiger partial charge in [-0.15, -0.1) is 0 Å². The Morgan fingerprint density at radius 1 is 1.17 bits per heavy atom. The fraction of sp³-hybridized carbons (Fsp3) is 0.600. The Balaban J connectivity index is 2.64. The molecule has 0 saturated heterocycles. The van der Waals surface area contributed by atoms with E-state index < -0.39 is 0 Å². The summed E-state index contributed by atoms with van der Waals surface area (Å²) in [6.45, 7) is 10.7. The van der Waals surface area contributed by atoms with Gasteiger partial charge in [0, 0.05) is 12.1 Å². The van der Waals surface area contributed by atoms with Crippen LogP contribution in [0.15, 0.2) is 18.2 Å². The molecule has 0 aliphatic rings. The molecular formula is C15H24FNO. The molecule has 1 N–H and O–H groups in total. The Hall–Kier alpha value is -1.09. The van der Waals surface area contributed by atoms with Crippen LogP contribution in [0, 0.1) is 17.7 Å². The van der Waals surface area contributed by atoms with Gasteiger partial charge in [-0.1, -0.05) is 27.7 Å². The molecule has 0 unspecified atom stereocenters. The topological polar surface area (TPSA) is 21.3 Å². The van der Waals surface area contributed by atoms with E-state index in [-0.39, 0.29) is 5.82 Å². The second-order valence-electron chi connectivity index (χ2n) is 5.48. The largest absolute Gasteiger partial charge is 0.493 e. The maximum atomic E-state index is 13.2. The van der Waals surface area contributed by atoms with Crippen molar-refractivity contribution in [2.75, 3.05) is 13.2 Å². The van der Waals surface area contributed by atoms with Gasteiger partial charge < -0.3 is 10.1 Å². The Kier molecular flexibility index (Phi) is 6.13. The summed E-state index contributed by atoms with van der Waals surface area (Å²) in [4.78, 5) is 0. The first kappa shape index (κ1) is 15.0. The van der Waals surface area contributed by atoms with Gasteiger partial charge in [-0.2, -0.15) is 0 Å². The number of ether oxygens (including phenoxy) is 1. The van der Waals surface area contributed by atoms with E-state index >= 15 is 0 Å². The maximum Gasteiger partial charge on any atom is 0.123 e. The van der Waals surface area contributed by atoms with Gasteiger partial charge in [0.2, 0.25) is 0 Å². The molecule has 0 aromatic heterocycles. The van der Waals surface area contributed by atoms with Crippen LogP contribution in [-0.2, 0) is 6.54 Å². The average molecular weight is 253 g/mol. The van der Waals surface area contributed by atoms with Gasteiger partial charge in [0.1, 0.15) is 11.6 Å². The molecule has 102 valence electrons. The highest BCUT2D eigenvalue weighted by Gasteiger charge is 2.06. The van der Waals surface area contributed by atoms with Crippen LogP contribution < -0.4 is 10.1 Å². The predicted molar refractivity (Wildman–Crippen MR) is 73.3 cm³/mol. The van der Waals surface area contributed by atoms with Crippen molar-refractivity contribution in [2.45, 2.75) is 34.2 Å². The molecule has 0 amide bonds. The smallest absolute Gasteiger partial charge is 0.123 e. The third-order valence-corrected chi connectivity index (χ3v) is 2.46. The lowest BCUT2D eigenvalue weighted by Gasteiger charge is -2.14. The van der Waals surface area contributed by atoms with Crippen LogP contribution in [0.1, 0.15) is 33.3 Å². The van der Waals surface area contributed by atoms with Crippen molar-refractivity contribution in [1.29, 1.82) is 0 Å². The van der Waals surface area contributed by atoms with E-state index in [4.69, 9.17) is 4.74 Å². The number of hydrogen-bond donors (Lipinski definition) is 1. The van der Waals surface area contributed by atoms with E-state index in [2.05, 4.69) is 33.0 Å². The molecule has 1 rings (SSSR count). The molecule has 1 aromatic carbocycles. The van der Waals surface area contributed by atoms with Gasteiger partial charge in [0.15, 0.2) is 0 Å². The average Bonchev–Trinajstić information content (AvgIpc) is 2.27. The summed E-state index contributed by atoms with van der Waals surface area (Å²) in [7, 11) is 0. The first-order chi connectivity index (χ1) is 8.49. The summed E-state index contributed by atoms with van der Waals surface area (Å²) in [5.41, 5.74) is 0.885. The van der Waals surface area contributed by atoms with Crippen molar-refractivity contribution < 1.29 is 9.13 Å². The zero-order chi connectivity index (χ0) is 13.5. The third-order valence-electron chi connectivity index (χ3n) is 2.46. The van der Waals surface area contributed by atoms with Gasteiger partial charge in [0.25, 0.3) is 0 Å². The summed E-state index contributed by atoms with van der Waals surface area (Å²) in [6, 6.07) is 4.70. The monoisotopic (exact) mass is 253 g/mol.